The van der Waals surface area contributed by atoms with E-state index in [0.717, 1.165) is 32.4 Å². The molecule has 0 radical (unpaired) electrons. The molecule has 0 aromatic rings. The molecule has 3 N–H and O–H groups in total. The lowest BCUT2D eigenvalue weighted by Gasteiger charge is -2.12. The predicted molar refractivity (Wildman–Crippen MR) is 57.0 cm³/mol. The second kappa shape index (κ2) is 8.97. The fourth-order valence-corrected chi connectivity index (χ4v) is 1.19. The molecule has 0 heterocycles. The van der Waals surface area contributed by atoms with E-state index in [9.17, 15) is 4.79 Å². The third-order valence-corrected chi connectivity index (χ3v) is 2.22. The number of hydrogen-bond donors (Lipinski definition) is 2. The van der Waals surface area contributed by atoms with Crippen molar-refractivity contribution < 1.29 is 9.53 Å². The molecule has 1 amide bonds. The molecule has 0 aromatic carbocycles. The average molecular weight is 202 g/mol. The van der Waals surface area contributed by atoms with Crippen LogP contribution in [-0.2, 0) is 9.53 Å². The highest BCUT2D eigenvalue weighted by molar-refractivity contribution is 5.78. The van der Waals surface area contributed by atoms with E-state index < -0.39 is 0 Å². The zero-order valence-electron chi connectivity index (χ0n) is 9.21. The van der Waals surface area contributed by atoms with Gasteiger partial charge in [-0.25, -0.2) is 0 Å². The molecule has 0 aliphatic rings. The molecule has 0 aliphatic heterocycles. The number of methoxy groups -OCH3 is 1. The maximum Gasteiger partial charge on any atom is 0.224 e. The highest BCUT2D eigenvalue weighted by Crippen LogP contribution is 1.99. The molecule has 0 aliphatic carbocycles. The quantitative estimate of drug-likeness (QED) is 0.564. The van der Waals surface area contributed by atoms with Crippen molar-refractivity contribution in [1.82, 2.24) is 5.32 Å². The number of ether oxygens (including phenoxy) is 1. The van der Waals surface area contributed by atoms with Gasteiger partial charge in [0.05, 0.1) is 0 Å². The summed E-state index contributed by atoms with van der Waals surface area (Å²) in [6, 6.07) is 0. The number of nitrogens with two attached hydrogens (primary N) is 1. The largest absolute Gasteiger partial charge is 0.385 e. The molecule has 84 valence electrons. The normalized spacial score (nSPS) is 12.5. The molecule has 1 unspecified atom stereocenters. The lowest BCUT2D eigenvalue weighted by atomic mass is 10.1. The van der Waals surface area contributed by atoms with Crippen LogP contribution in [0.3, 0.4) is 0 Å². The lowest BCUT2D eigenvalue weighted by Crippen LogP contribution is -2.35. The maximum absolute atomic E-state index is 11.4. The molecule has 4 nitrogen and oxygen atoms in total. The van der Waals surface area contributed by atoms with Crippen molar-refractivity contribution in [1.29, 1.82) is 0 Å². The number of hydrogen-bond acceptors (Lipinski definition) is 3. The summed E-state index contributed by atoms with van der Waals surface area (Å²) in [6.45, 7) is 3.88. The third kappa shape index (κ3) is 5.94. The average Bonchev–Trinajstić information content (AvgIpc) is 2.19. The number of unbranched alkanes of at least 4 members (excludes halogenated alkanes) is 1. The Morgan fingerprint density at radius 3 is 2.71 bits per heavy atom. The van der Waals surface area contributed by atoms with Gasteiger partial charge in [0.25, 0.3) is 0 Å². The summed E-state index contributed by atoms with van der Waals surface area (Å²) >= 11 is 0. The van der Waals surface area contributed by atoms with Gasteiger partial charge in [0.15, 0.2) is 0 Å². The molecule has 0 bridgehead atoms. The summed E-state index contributed by atoms with van der Waals surface area (Å²) < 4.78 is 4.91. The van der Waals surface area contributed by atoms with Crippen molar-refractivity contribution >= 4 is 5.91 Å². The van der Waals surface area contributed by atoms with Crippen LogP contribution in [0, 0.1) is 5.92 Å². The molecule has 0 fully saturated rings. The van der Waals surface area contributed by atoms with Crippen LogP contribution >= 0.6 is 0 Å². The Balaban J connectivity index is 3.43. The van der Waals surface area contributed by atoms with Crippen molar-refractivity contribution in [2.45, 2.75) is 26.2 Å². The summed E-state index contributed by atoms with van der Waals surface area (Å²) in [7, 11) is 1.68. The number of rotatable bonds is 8. The summed E-state index contributed by atoms with van der Waals surface area (Å²) in [5.41, 5.74) is 5.46. The highest BCUT2D eigenvalue weighted by Gasteiger charge is 2.12. The van der Waals surface area contributed by atoms with Crippen molar-refractivity contribution in [2.24, 2.45) is 11.7 Å². The van der Waals surface area contributed by atoms with Crippen LogP contribution in [0.5, 0.6) is 0 Å². The van der Waals surface area contributed by atoms with Gasteiger partial charge in [0, 0.05) is 32.7 Å². The highest BCUT2D eigenvalue weighted by atomic mass is 16.5. The van der Waals surface area contributed by atoms with E-state index in [1.807, 2.05) is 6.92 Å². The van der Waals surface area contributed by atoms with Crippen molar-refractivity contribution in [2.75, 3.05) is 26.8 Å². The van der Waals surface area contributed by atoms with Crippen molar-refractivity contribution in [3.8, 4) is 0 Å². The van der Waals surface area contributed by atoms with Gasteiger partial charge in [-0.15, -0.1) is 0 Å². The van der Waals surface area contributed by atoms with Gasteiger partial charge < -0.3 is 15.8 Å². The number of carbonyl (C=O) groups excluding carboxylic acids is 1. The van der Waals surface area contributed by atoms with Gasteiger partial charge >= 0.3 is 0 Å². The summed E-state index contributed by atoms with van der Waals surface area (Å²) in [4.78, 5) is 11.4. The van der Waals surface area contributed by atoms with Crippen LogP contribution in [-0.4, -0.2) is 32.7 Å². The fourth-order valence-electron chi connectivity index (χ4n) is 1.19. The molecule has 14 heavy (non-hydrogen) atoms. The minimum atomic E-state index is -0.0302. The first-order valence-electron chi connectivity index (χ1n) is 5.23. The lowest BCUT2D eigenvalue weighted by molar-refractivity contribution is -0.124. The smallest absolute Gasteiger partial charge is 0.224 e. The van der Waals surface area contributed by atoms with Crippen LogP contribution in [0.2, 0.25) is 0 Å². The summed E-state index contributed by atoms with van der Waals surface area (Å²) in [5.74, 6) is 0.0461. The molecule has 0 rings (SSSR count). The molecule has 1 atom stereocenters. The van der Waals surface area contributed by atoms with Crippen LogP contribution in [0.1, 0.15) is 26.2 Å². The molecule has 0 spiro atoms. The first kappa shape index (κ1) is 13.4. The second-order valence-corrected chi connectivity index (χ2v) is 3.33. The van der Waals surface area contributed by atoms with Crippen LogP contribution < -0.4 is 11.1 Å². The standard InChI is InChI=1S/C10H22N2O2/c1-3-9(8-11)10(13)12-6-4-5-7-14-2/h9H,3-8,11H2,1-2H3,(H,12,13). The number of amides is 1. The van der Waals surface area contributed by atoms with Crippen molar-refractivity contribution in [3.05, 3.63) is 0 Å². The molecule has 4 heteroatoms. The molecular formula is C10H22N2O2. The van der Waals surface area contributed by atoms with Gasteiger partial charge in [-0.2, -0.15) is 0 Å². The van der Waals surface area contributed by atoms with Gasteiger partial charge in [0.1, 0.15) is 0 Å². The van der Waals surface area contributed by atoms with Crippen molar-refractivity contribution in [3.63, 3.8) is 0 Å². The Morgan fingerprint density at radius 1 is 1.50 bits per heavy atom. The fraction of sp³-hybridized carbons (Fsp3) is 0.900. The molecule has 0 saturated carbocycles. The predicted octanol–water partition coefficient (Wildman–Crippen LogP) is 0.514. The maximum atomic E-state index is 11.4. The summed E-state index contributed by atoms with van der Waals surface area (Å²) in [6.07, 6.45) is 2.75. The Bertz CT molecular complexity index is 147. The topological polar surface area (TPSA) is 64.4 Å². The Labute approximate surface area is 86.2 Å². The Hall–Kier alpha value is -0.610. The van der Waals surface area contributed by atoms with E-state index in [2.05, 4.69) is 5.32 Å². The van der Waals surface area contributed by atoms with Crippen LogP contribution in [0.15, 0.2) is 0 Å². The first-order chi connectivity index (χ1) is 6.76. The van der Waals surface area contributed by atoms with E-state index in [-0.39, 0.29) is 11.8 Å². The first-order valence-corrected chi connectivity index (χ1v) is 5.23. The Kier molecular flexibility index (Phi) is 8.57. The zero-order valence-corrected chi connectivity index (χ0v) is 9.21. The van der Waals surface area contributed by atoms with E-state index >= 15 is 0 Å². The monoisotopic (exact) mass is 202 g/mol. The molecule has 0 aromatic heterocycles. The van der Waals surface area contributed by atoms with Gasteiger partial charge in [-0.3, -0.25) is 4.79 Å². The van der Waals surface area contributed by atoms with E-state index in [0.29, 0.717) is 6.54 Å². The van der Waals surface area contributed by atoms with E-state index in [4.69, 9.17) is 10.5 Å². The van der Waals surface area contributed by atoms with Gasteiger partial charge in [-0.1, -0.05) is 6.92 Å². The summed E-state index contributed by atoms with van der Waals surface area (Å²) in [5, 5.41) is 2.87. The SMILES string of the molecule is CCC(CN)C(=O)NCCCCOC. The second-order valence-electron chi connectivity index (χ2n) is 3.33. The third-order valence-electron chi connectivity index (χ3n) is 2.22. The van der Waals surface area contributed by atoms with Crippen LogP contribution in [0.4, 0.5) is 0 Å². The Morgan fingerprint density at radius 2 is 2.21 bits per heavy atom. The van der Waals surface area contributed by atoms with E-state index in [1.165, 1.54) is 0 Å². The van der Waals surface area contributed by atoms with E-state index in [1.54, 1.807) is 7.11 Å². The van der Waals surface area contributed by atoms with Gasteiger partial charge in [-0.05, 0) is 19.3 Å². The molecular weight excluding hydrogens is 180 g/mol. The van der Waals surface area contributed by atoms with Gasteiger partial charge in [0.2, 0.25) is 5.91 Å². The molecule has 0 saturated heterocycles. The minimum absolute atomic E-state index is 0.0302. The zero-order chi connectivity index (χ0) is 10.8. The number of carbonyl (C=O) groups is 1. The van der Waals surface area contributed by atoms with Crippen LogP contribution in [0.25, 0.3) is 0 Å². The minimum Gasteiger partial charge on any atom is -0.385 e. The number of nitrogens with one attached hydrogen (secondary N) is 1.